The van der Waals surface area contributed by atoms with E-state index in [1.165, 1.54) is 0 Å². The van der Waals surface area contributed by atoms with Crippen LogP contribution in [0.15, 0.2) is 18.3 Å². The van der Waals surface area contributed by atoms with Gasteiger partial charge in [-0.25, -0.2) is 0 Å². The van der Waals surface area contributed by atoms with E-state index in [4.69, 9.17) is 5.73 Å². The quantitative estimate of drug-likeness (QED) is 0.754. The fourth-order valence-corrected chi connectivity index (χ4v) is 1.05. The molecule has 4 heteroatoms. The molecule has 0 aliphatic carbocycles. The van der Waals surface area contributed by atoms with Crippen LogP contribution < -0.4 is 11.1 Å². The van der Waals surface area contributed by atoms with E-state index in [1.807, 2.05) is 19.1 Å². The number of pyridine rings is 1. The van der Waals surface area contributed by atoms with Crippen molar-refractivity contribution < 1.29 is 4.79 Å². The molecule has 0 spiro atoms. The SMILES string of the molecule is Cc1ccc(NC(=O)CC(C)N)cn1. The molecule has 1 amide bonds. The lowest BCUT2D eigenvalue weighted by atomic mass is 10.2. The fraction of sp³-hybridized carbons (Fsp3) is 0.400. The Kier molecular flexibility index (Phi) is 3.59. The summed E-state index contributed by atoms with van der Waals surface area (Å²) in [6.07, 6.45) is 1.96. The Morgan fingerprint density at radius 3 is 2.86 bits per heavy atom. The van der Waals surface area contributed by atoms with E-state index < -0.39 is 0 Å². The zero-order valence-corrected chi connectivity index (χ0v) is 8.45. The summed E-state index contributed by atoms with van der Waals surface area (Å²) in [6.45, 7) is 3.69. The van der Waals surface area contributed by atoms with Crippen molar-refractivity contribution in [3.8, 4) is 0 Å². The molecular weight excluding hydrogens is 178 g/mol. The van der Waals surface area contributed by atoms with Gasteiger partial charge in [0.2, 0.25) is 5.91 Å². The molecule has 1 aromatic heterocycles. The molecular formula is C10H15N3O. The largest absolute Gasteiger partial charge is 0.327 e. The van der Waals surface area contributed by atoms with Gasteiger partial charge in [0, 0.05) is 18.2 Å². The highest BCUT2D eigenvalue weighted by molar-refractivity contribution is 5.90. The highest BCUT2D eigenvalue weighted by Gasteiger charge is 2.04. The van der Waals surface area contributed by atoms with Crippen LogP contribution in [-0.4, -0.2) is 16.9 Å². The molecule has 0 bridgehead atoms. The van der Waals surface area contributed by atoms with Crippen LogP contribution >= 0.6 is 0 Å². The monoisotopic (exact) mass is 193 g/mol. The molecule has 0 radical (unpaired) electrons. The Labute approximate surface area is 83.5 Å². The predicted molar refractivity (Wildman–Crippen MR) is 55.9 cm³/mol. The molecule has 0 aliphatic rings. The number of nitrogens with two attached hydrogens (primary N) is 1. The van der Waals surface area contributed by atoms with Gasteiger partial charge in [-0.1, -0.05) is 0 Å². The number of nitrogens with one attached hydrogen (secondary N) is 1. The average Bonchev–Trinajstić information content (AvgIpc) is 2.07. The summed E-state index contributed by atoms with van der Waals surface area (Å²) in [6, 6.07) is 3.55. The second-order valence-electron chi connectivity index (χ2n) is 3.42. The highest BCUT2D eigenvalue weighted by Crippen LogP contribution is 2.05. The summed E-state index contributed by atoms with van der Waals surface area (Å²) in [5.41, 5.74) is 7.13. The third-order valence-corrected chi connectivity index (χ3v) is 1.70. The lowest BCUT2D eigenvalue weighted by Gasteiger charge is -2.06. The Bertz CT molecular complexity index is 306. The topological polar surface area (TPSA) is 68.0 Å². The first-order valence-corrected chi connectivity index (χ1v) is 4.56. The minimum absolute atomic E-state index is 0.0781. The second kappa shape index (κ2) is 4.72. The van der Waals surface area contributed by atoms with E-state index in [9.17, 15) is 4.79 Å². The van der Waals surface area contributed by atoms with E-state index in [0.29, 0.717) is 12.1 Å². The maximum atomic E-state index is 11.3. The van der Waals surface area contributed by atoms with E-state index in [1.54, 1.807) is 13.1 Å². The molecule has 1 aromatic rings. The lowest BCUT2D eigenvalue weighted by molar-refractivity contribution is -0.116. The van der Waals surface area contributed by atoms with Gasteiger partial charge in [0.05, 0.1) is 11.9 Å². The molecule has 1 rings (SSSR count). The maximum absolute atomic E-state index is 11.3. The van der Waals surface area contributed by atoms with Gasteiger partial charge >= 0.3 is 0 Å². The molecule has 76 valence electrons. The van der Waals surface area contributed by atoms with Crippen LogP contribution in [0.3, 0.4) is 0 Å². The molecule has 0 saturated carbocycles. The van der Waals surface area contributed by atoms with Gasteiger partial charge in [0.1, 0.15) is 0 Å². The van der Waals surface area contributed by atoms with Crippen molar-refractivity contribution in [1.82, 2.24) is 4.98 Å². The van der Waals surface area contributed by atoms with E-state index in [-0.39, 0.29) is 11.9 Å². The van der Waals surface area contributed by atoms with Crippen LogP contribution in [0.2, 0.25) is 0 Å². The second-order valence-corrected chi connectivity index (χ2v) is 3.42. The van der Waals surface area contributed by atoms with Crippen molar-refractivity contribution in [1.29, 1.82) is 0 Å². The van der Waals surface area contributed by atoms with Gasteiger partial charge in [0.15, 0.2) is 0 Å². The number of rotatable bonds is 3. The standard InChI is InChI=1S/C10H15N3O/c1-7(11)5-10(14)13-9-4-3-8(2)12-6-9/h3-4,6-7H,5,11H2,1-2H3,(H,13,14). The van der Waals surface area contributed by atoms with Gasteiger partial charge in [-0.3, -0.25) is 9.78 Å². The van der Waals surface area contributed by atoms with Crippen molar-refractivity contribution in [2.75, 3.05) is 5.32 Å². The van der Waals surface area contributed by atoms with Crippen molar-refractivity contribution in [3.05, 3.63) is 24.0 Å². The summed E-state index contributed by atoms with van der Waals surface area (Å²) in [4.78, 5) is 15.4. The number of anilines is 1. The average molecular weight is 193 g/mol. The van der Waals surface area contributed by atoms with Crippen LogP contribution in [0.25, 0.3) is 0 Å². The minimum atomic E-state index is -0.117. The number of nitrogens with zero attached hydrogens (tertiary/aromatic N) is 1. The Morgan fingerprint density at radius 2 is 2.36 bits per heavy atom. The molecule has 1 heterocycles. The van der Waals surface area contributed by atoms with Gasteiger partial charge < -0.3 is 11.1 Å². The molecule has 0 aromatic carbocycles. The van der Waals surface area contributed by atoms with E-state index in [2.05, 4.69) is 10.3 Å². The lowest BCUT2D eigenvalue weighted by Crippen LogP contribution is -2.24. The van der Waals surface area contributed by atoms with E-state index >= 15 is 0 Å². The van der Waals surface area contributed by atoms with Crippen molar-refractivity contribution in [2.45, 2.75) is 26.3 Å². The zero-order valence-electron chi connectivity index (χ0n) is 8.45. The molecule has 3 N–H and O–H groups in total. The number of carbonyl (C=O) groups excluding carboxylic acids is 1. The Morgan fingerprint density at radius 1 is 1.64 bits per heavy atom. The first-order chi connectivity index (χ1) is 6.58. The molecule has 0 aliphatic heterocycles. The van der Waals surface area contributed by atoms with Crippen LogP contribution in [0.4, 0.5) is 5.69 Å². The number of hydrogen-bond acceptors (Lipinski definition) is 3. The summed E-state index contributed by atoms with van der Waals surface area (Å²) < 4.78 is 0. The molecule has 14 heavy (non-hydrogen) atoms. The zero-order chi connectivity index (χ0) is 10.6. The number of amides is 1. The normalized spacial score (nSPS) is 12.2. The van der Waals surface area contributed by atoms with Crippen LogP contribution in [-0.2, 0) is 4.79 Å². The first-order valence-electron chi connectivity index (χ1n) is 4.56. The first kappa shape index (κ1) is 10.7. The predicted octanol–water partition coefficient (Wildman–Crippen LogP) is 1.07. The highest BCUT2D eigenvalue weighted by atomic mass is 16.1. The summed E-state index contributed by atoms with van der Waals surface area (Å²) >= 11 is 0. The van der Waals surface area contributed by atoms with Crippen molar-refractivity contribution in [2.24, 2.45) is 5.73 Å². The van der Waals surface area contributed by atoms with E-state index in [0.717, 1.165) is 5.69 Å². The third kappa shape index (κ3) is 3.53. The Hall–Kier alpha value is -1.42. The summed E-state index contributed by atoms with van der Waals surface area (Å²) in [5, 5.41) is 2.72. The van der Waals surface area contributed by atoms with Crippen molar-refractivity contribution >= 4 is 11.6 Å². The summed E-state index contributed by atoms with van der Waals surface area (Å²) in [5.74, 6) is -0.0781. The summed E-state index contributed by atoms with van der Waals surface area (Å²) in [7, 11) is 0. The Balaban J connectivity index is 2.52. The maximum Gasteiger partial charge on any atom is 0.225 e. The molecule has 0 saturated heterocycles. The fourth-order valence-electron chi connectivity index (χ4n) is 1.05. The van der Waals surface area contributed by atoms with Gasteiger partial charge in [-0.15, -0.1) is 0 Å². The van der Waals surface area contributed by atoms with Gasteiger partial charge in [-0.05, 0) is 26.0 Å². The van der Waals surface area contributed by atoms with Gasteiger partial charge in [-0.2, -0.15) is 0 Å². The number of aryl methyl sites for hydroxylation is 1. The smallest absolute Gasteiger partial charge is 0.225 e. The number of aromatic nitrogens is 1. The molecule has 0 fully saturated rings. The van der Waals surface area contributed by atoms with Crippen LogP contribution in [0, 0.1) is 6.92 Å². The minimum Gasteiger partial charge on any atom is -0.327 e. The third-order valence-electron chi connectivity index (χ3n) is 1.70. The van der Waals surface area contributed by atoms with Crippen LogP contribution in [0.1, 0.15) is 19.0 Å². The molecule has 4 nitrogen and oxygen atoms in total. The number of carbonyl (C=O) groups is 1. The van der Waals surface area contributed by atoms with Gasteiger partial charge in [0.25, 0.3) is 0 Å². The van der Waals surface area contributed by atoms with Crippen molar-refractivity contribution in [3.63, 3.8) is 0 Å². The number of hydrogen-bond donors (Lipinski definition) is 2. The molecule has 1 unspecified atom stereocenters. The molecule has 1 atom stereocenters. The van der Waals surface area contributed by atoms with Crippen LogP contribution in [0.5, 0.6) is 0 Å².